The highest BCUT2D eigenvalue weighted by atomic mass is 19.1. The molecular weight excluding hydrogens is 509 g/mol. The van der Waals surface area contributed by atoms with Gasteiger partial charge in [-0.2, -0.15) is 9.37 Å². The predicted octanol–water partition coefficient (Wildman–Crippen LogP) is 9.46. The van der Waals surface area contributed by atoms with Crippen LogP contribution in [-0.2, 0) is 0 Å². The zero-order valence-corrected chi connectivity index (χ0v) is 21.8. The molecule has 0 aliphatic heterocycles. The van der Waals surface area contributed by atoms with Crippen LogP contribution in [0, 0.1) is 5.95 Å². The molecule has 0 spiro atoms. The van der Waals surface area contributed by atoms with Gasteiger partial charge in [0.15, 0.2) is 0 Å². The summed E-state index contributed by atoms with van der Waals surface area (Å²) in [6.45, 7) is 0. The lowest BCUT2D eigenvalue weighted by Crippen LogP contribution is -1.98. The minimum atomic E-state index is -0.560. The molecule has 0 radical (unpaired) electrons. The zero-order valence-electron chi connectivity index (χ0n) is 21.8. The lowest BCUT2D eigenvalue weighted by atomic mass is 10.0. The Hall–Kier alpha value is -5.55. The Morgan fingerprint density at radius 2 is 1.24 bits per heavy atom. The van der Waals surface area contributed by atoms with Gasteiger partial charge in [-0.05, 0) is 53.1 Å². The average Bonchev–Trinajstić information content (AvgIpc) is 3.59. The summed E-state index contributed by atoms with van der Waals surface area (Å²) in [5.41, 5.74) is 8.05. The number of aromatic nitrogens is 3. The molecule has 194 valence electrons. The maximum Gasteiger partial charge on any atom is 0.230 e. The van der Waals surface area contributed by atoms with Crippen LogP contribution in [-0.4, -0.2) is 14.5 Å². The Bertz CT molecular complexity index is 2200. The van der Waals surface area contributed by atoms with Crippen molar-refractivity contribution in [2.45, 2.75) is 0 Å². The van der Waals surface area contributed by atoms with Gasteiger partial charge in [0.1, 0.15) is 11.4 Å². The quantitative estimate of drug-likeness (QED) is 0.212. The van der Waals surface area contributed by atoms with Crippen molar-refractivity contribution >= 4 is 33.1 Å². The number of halogens is 1. The summed E-state index contributed by atoms with van der Waals surface area (Å²) in [5, 5.41) is 1.62. The van der Waals surface area contributed by atoms with Crippen LogP contribution in [0.25, 0.3) is 72.4 Å². The molecule has 0 saturated carbocycles. The molecule has 0 aliphatic rings. The molecule has 3 heterocycles. The first-order valence-electron chi connectivity index (χ1n) is 13.5. The Labute approximate surface area is 235 Å². The van der Waals surface area contributed by atoms with Gasteiger partial charge in [0.25, 0.3) is 0 Å². The van der Waals surface area contributed by atoms with Gasteiger partial charge in [0.05, 0.1) is 16.6 Å². The molecule has 0 fully saturated rings. The molecule has 0 saturated heterocycles. The van der Waals surface area contributed by atoms with E-state index >= 15 is 4.39 Å². The third-order valence-corrected chi connectivity index (χ3v) is 7.56. The number of hydrogen-bond donors (Lipinski definition) is 0. The van der Waals surface area contributed by atoms with Crippen LogP contribution >= 0.6 is 0 Å². The second-order valence-electron chi connectivity index (χ2n) is 10.0. The molecular formula is C36H22FN3O. The largest absolute Gasteiger partial charge is 0.437 e. The van der Waals surface area contributed by atoms with Gasteiger partial charge in [-0.15, -0.1) is 0 Å². The van der Waals surface area contributed by atoms with E-state index in [-0.39, 0.29) is 5.71 Å². The maximum absolute atomic E-state index is 15.1. The molecule has 0 bridgehead atoms. The van der Waals surface area contributed by atoms with Crippen molar-refractivity contribution in [3.63, 3.8) is 0 Å². The van der Waals surface area contributed by atoms with Gasteiger partial charge < -0.3 is 4.42 Å². The Kier molecular flexibility index (Phi) is 5.28. The van der Waals surface area contributed by atoms with Crippen LogP contribution in [0.5, 0.6) is 0 Å². The fourth-order valence-electron chi connectivity index (χ4n) is 5.60. The van der Waals surface area contributed by atoms with Crippen molar-refractivity contribution in [2.75, 3.05) is 0 Å². The number of rotatable bonds is 4. The molecule has 5 heteroatoms. The fraction of sp³-hybridized carbons (Fsp3) is 0. The first-order chi connectivity index (χ1) is 20.2. The van der Waals surface area contributed by atoms with Crippen LogP contribution < -0.4 is 0 Å². The van der Waals surface area contributed by atoms with Crippen LogP contribution in [0.15, 0.2) is 138 Å². The standard InChI is InChI=1S/C36H22FN3O/c37-34-29(25-12-5-2-6-13-25)22-30-27-14-9-15-28(33(27)41-36(30)39-34)35-38-31-16-7-8-17-32(31)40(35)26-20-18-24(19-21-26)23-10-3-1-4-11-23/h1-22H. The number of pyridine rings is 1. The van der Waals surface area contributed by atoms with E-state index in [1.54, 1.807) is 0 Å². The van der Waals surface area contributed by atoms with Crippen LogP contribution in [0.4, 0.5) is 4.39 Å². The monoisotopic (exact) mass is 531 g/mol. The molecule has 41 heavy (non-hydrogen) atoms. The lowest BCUT2D eigenvalue weighted by molar-refractivity contribution is 0.572. The number of para-hydroxylation sites is 3. The molecule has 8 aromatic rings. The molecule has 3 aromatic heterocycles. The van der Waals surface area contributed by atoms with Gasteiger partial charge in [-0.3, -0.25) is 4.57 Å². The lowest BCUT2D eigenvalue weighted by Gasteiger charge is -2.11. The van der Waals surface area contributed by atoms with E-state index in [1.165, 1.54) is 0 Å². The van der Waals surface area contributed by atoms with Crippen LogP contribution in [0.1, 0.15) is 0 Å². The summed E-state index contributed by atoms with van der Waals surface area (Å²) < 4.78 is 23.6. The van der Waals surface area contributed by atoms with E-state index in [1.807, 2.05) is 91.0 Å². The number of benzene rings is 5. The van der Waals surface area contributed by atoms with Crippen LogP contribution in [0.3, 0.4) is 0 Å². The second-order valence-corrected chi connectivity index (χ2v) is 10.0. The maximum atomic E-state index is 15.1. The highest BCUT2D eigenvalue weighted by Crippen LogP contribution is 2.39. The van der Waals surface area contributed by atoms with E-state index in [0.29, 0.717) is 11.1 Å². The SMILES string of the molecule is Fc1nc2oc3c(-c4nc5ccccc5n4-c4ccc(-c5ccccc5)cc4)cccc3c2cc1-c1ccccc1. The van der Waals surface area contributed by atoms with Gasteiger partial charge in [0, 0.05) is 22.0 Å². The molecule has 8 rings (SSSR count). The molecule has 5 aromatic carbocycles. The van der Waals surface area contributed by atoms with Crippen LogP contribution in [0.2, 0.25) is 0 Å². The van der Waals surface area contributed by atoms with Crippen molar-refractivity contribution < 1.29 is 8.81 Å². The average molecular weight is 532 g/mol. The second kappa shape index (κ2) is 9.28. The molecule has 4 nitrogen and oxygen atoms in total. The summed E-state index contributed by atoms with van der Waals surface area (Å²) >= 11 is 0. The molecule has 0 amide bonds. The topological polar surface area (TPSA) is 43.9 Å². The van der Waals surface area contributed by atoms with Gasteiger partial charge >= 0.3 is 0 Å². The molecule has 0 aliphatic carbocycles. The number of furan rings is 1. The predicted molar refractivity (Wildman–Crippen MR) is 162 cm³/mol. The van der Waals surface area contributed by atoms with E-state index in [0.717, 1.165) is 55.6 Å². The van der Waals surface area contributed by atoms with E-state index in [2.05, 4.69) is 52.0 Å². The number of imidazole rings is 1. The first-order valence-corrected chi connectivity index (χ1v) is 13.5. The Morgan fingerprint density at radius 1 is 0.561 bits per heavy atom. The fourth-order valence-corrected chi connectivity index (χ4v) is 5.60. The Morgan fingerprint density at radius 3 is 2.02 bits per heavy atom. The van der Waals surface area contributed by atoms with Gasteiger partial charge in [0.2, 0.25) is 11.7 Å². The van der Waals surface area contributed by atoms with Gasteiger partial charge in [-0.1, -0.05) is 97.1 Å². The summed E-state index contributed by atoms with van der Waals surface area (Å²) in [4.78, 5) is 9.28. The highest BCUT2D eigenvalue weighted by Gasteiger charge is 2.21. The molecule has 0 unspecified atom stereocenters. The first kappa shape index (κ1) is 23.3. The van der Waals surface area contributed by atoms with Crippen molar-refractivity contribution in [1.82, 2.24) is 14.5 Å². The number of fused-ring (bicyclic) bond motifs is 4. The molecule has 0 atom stereocenters. The van der Waals surface area contributed by atoms with E-state index in [4.69, 9.17) is 9.40 Å². The minimum Gasteiger partial charge on any atom is -0.437 e. The van der Waals surface area contributed by atoms with Crippen molar-refractivity contribution in [1.29, 1.82) is 0 Å². The number of hydrogen-bond acceptors (Lipinski definition) is 3. The highest BCUT2D eigenvalue weighted by molar-refractivity contribution is 6.09. The zero-order chi connectivity index (χ0) is 27.3. The summed E-state index contributed by atoms with van der Waals surface area (Å²) in [6.07, 6.45) is 0. The minimum absolute atomic E-state index is 0.263. The van der Waals surface area contributed by atoms with Crippen molar-refractivity contribution in [2.24, 2.45) is 0 Å². The van der Waals surface area contributed by atoms with Crippen molar-refractivity contribution in [3.05, 3.63) is 139 Å². The third kappa shape index (κ3) is 3.82. The van der Waals surface area contributed by atoms with Crippen molar-refractivity contribution in [3.8, 4) is 39.3 Å². The van der Waals surface area contributed by atoms with E-state index in [9.17, 15) is 0 Å². The Balaban J connectivity index is 1.34. The number of nitrogens with zero attached hydrogens (tertiary/aromatic N) is 3. The van der Waals surface area contributed by atoms with E-state index < -0.39 is 5.95 Å². The van der Waals surface area contributed by atoms with Gasteiger partial charge in [-0.25, -0.2) is 4.98 Å². The normalized spacial score (nSPS) is 11.5. The summed E-state index contributed by atoms with van der Waals surface area (Å²) in [5.74, 6) is 0.183. The third-order valence-electron chi connectivity index (χ3n) is 7.56. The molecule has 0 N–H and O–H groups in total. The summed E-state index contributed by atoms with van der Waals surface area (Å²) in [7, 11) is 0. The summed E-state index contributed by atoms with van der Waals surface area (Å²) in [6, 6.07) is 44.1. The smallest absolute Gasteiger partial charge is 0.230 e.